The predicted octanol–water partition coefficient (Wildman–Crippen LogP) is 3.72. The largest absolute Gasteiger partial charge is 0.493 e. The third kappa shape index (κ3) is 6.66. The van der Waals surface area contributed by atoms with Gasteiger partial charge in [-0.2, -0.15) is 0 Å². The topological polar surface area (TPSA) is 55.3 Å². The number of nitrogens with one attached hydrogen (secondary N) is 1. The fourth-order valence-corrected chi connectivity index (χ4v) is 3.04. The second-order valence-electron chi connectivity index (χ2n) is 6.20. The van der Waals surface area contributed by atoms with Gasteiger partial charge in [-0.15, -0.1) is 24.0 Å². The Hall–Kier alpha value is -2.23. The Bertz CT molecular complexity index is 818. The van der Waals surface area contributed by atoms with E-state index in [2.05, 4.69) is 10.3 Å². The van der Waals surface area contributed by atoms with E-state index in [-0.39, 0.29) is 29.8 Å². The van der Waals surface area contributed by atoms with Crippen LogP contribution in [0.5, 0.6) is 17.2 Å². The molecule has 0 saturated heterocycles. The lowest BCUT2D eigenvalue weighted by atomic mass is 10.1. The SMILES string of the molecule is CN=C(NCCc1ccc(OC)c(OC)c1OC)N(C)Cc1cccc(F)c1.I. The molecule has 0 aliphatic carbocycles. The maximum Gasteiger partial charge on any atom is 0.203 e. The molecule has 0 fully saturated rings. The molecule has 0 amide bonds. The molecule has 160 valence electrons. The van der Waals surface area contributed by atoms with Crippen LogP contribution in [0.15, 0.2) is 41.4 Å². The third-order valence-corrected chi connectivity index (χ3v) is 4.35. The van der Waals surface area contributed by atoms with Crippen LogP contribution in [0.2, 0.25) is 0 Å². The molecule has 6 nitrogen and oxygen atoms in total. The van der Waals surface area contributed by atoms with Gasteiger partial charge < -0.3 is 24.4 Å². The molecule has 0 aliphatic rings. The Morgan fingerprint density at radius 2 is 1.79 bits per heavy atom. The van der Waals surface area contributed by atoms with Crippen LogP contribution in [0.4, 0.5) is 4.39 Å². The van der Waals surface area contributed by atoms with E-state index in [9.17, 15) is 4.39 Å². The molecule has 0 saturated carbocycles. The second-order valence-corrected chi connectivity index (χ2v) is 6.20. The number of hydrogen-bond donors (Lipinski definition) is 1. The number of guanidine groups is 1. The molecule has 0 unspecified atom stereocenters. The van der Waals surface area contributed by atoms with Crippen LogP contribution in [-0.4, -0.2) is 52.8 Å². The minimum Gasteiger partial charge on any atom is -0.493 e. The first kappa shape index (κ1) is 24.8. The highest BCUT2D eigenvalue weighted by molar-refractivity contribution is 14.0. The molecule has 2 aromatic rings. The van der Waals surface area contributed by atoms with Crippen molar-refractivity contribution in [3.8, 4) is 17.2 Å². The first-order valence-electron chi connectivity index (χ1n) is 8.98. The van der Waals surface area contributed by atoms with Crippen molar-refractivity contribution in [1.82, 2.24) is 10.2 Å². The average molecular weight is 517 g/mol. The van der Waals surface area contributed by atoms with Gasteiger partial charge >= 0.3 is 0 Å². The first-order chi connectivity index (χ1) is 13.5. The van der Waals surface area contributed by atoms with Crippen LogP contribution in [0.3, 0.4) is 0 Å². The zero-order chi connectivity index (χ0) is 20.5. The summed E-state index contributed by atoms with van der Waals surface area (Å²) >= 11 is 0. The molecule has 2 rings (SSSR count). The number of rotatable bonds is 8. The van der Waals surface area contributed by atoms with Gasteiger partial charge in [0.1, 0.15) is 5.82 Å². The summed E-state index contributed by atoms with van der Waals surface area (Å²) < 4.78 is 29.7. The molecule has 1 N–H and O–H groups in total. The summed E-state index contributed by atoms with van der Waals surface area (Å²) in [5, 5.41) is 3.32. The second kappa shape index (κ2) is 12.4. The van der Waals surface area contributed by atoms with Crippen LogP contribution in [0.1, 0.15) is 11.1 Å². The van der Waals surface area contributed by atoms with Crippen LogP contribution in [0.25, 0.3) is 0 Å². The van der Waals surface area contributed by atoms with Gasteiger partial charge in [0.25, 0.3) is 0 Å². The summed E-state index contributed by atoms with van der Waals surface area (Å²) in [5.41, 5.74) is 1.88. The van der Waals surface area contributed by atoms with Crippen molar-refractivity contribution >= 4 is 29.9 Å². The smallest absolute Gasteiger partial charge is 0.203 e. The Morgan fingerprint density at radius 3 is 2.38 bits per heavy atom. The van der Waals surface area contributed by atoms with E-state index in [1.807, 2.05) is 30.1 Å². The summed E-state index contributed by atoms with van der Waals surface area (Å²) in [6.45, 7) is 1.20. The molecule has 0 atom stereocenters. The van der Waals surface area contributed by atoms with E-state index in [0.29, 0.717) is 36.8 Å². The van der Waals surface area contributed by atoms with Crippen LogP contribution < -0.4 is 19.5 Å². The lowest BCUT2D eigenvalue weighted by molar-refractivity contribution is 0.322. The molecule has 0 radical (unpaired) electrons. The summed E-state index contributed by atoms with van der Waals surface area (Å²) in [7, 11) is 8.43. The lowest BCUT2D eigenvalue weighted by Crippen LogP contribution is -2.39. The van der Waals surface area contributed by atoms with Crippen LogP contribution in [0, 0.1) is 5.82 Å². The minimum atomic E-state index is -0.241. The molecule has 8 heteroatoms. The molecular weight excluding hydrogens is 488 g/mol. The average Bonchev–Trinajstić information content (AvgIpc) is 2.70. The van der Waals surface area contributed by atoms with Crippen molar-refractivity contribution in [3.63, 3.8) is 0 Å². The van der Waals surface area contributed by atoms with Gasteiger partial charge in [0, 0.05) is 32.7 Å². The van der Waals surface area contributed by atoms with Crippen molar-refractivity contribution in [3.05, 3.63) is 53.3 Å². The summed E-state index contributed by atoms with van der Waals surface area (Å²) in [6.07, 6.45) is 0.705. The minimum absolute atomic E-state index is 0. The highest BCUT2D eigenvalue weighted by Crippen LogP contribution is 2.39. The Morgan fingerprint density at radius 1 is 1.07 bits per heavy atom. The predicted molar refractivity (Wildman–Crippen MR) is 124 cm³/mol. The van der Waals surface area contributed by atoms with Crippen molar-refractivity contribution in [2.75, 3.05) is 42.0 Å². The normalized spacial score (nSPS) is 10.8. The molecular formula is C21H29FIN3O3. The maximum atomic E-state index is 13.4. The number of ether oxygens (including phenoxy) is 3. The molecule has 2 aromatic carbocycles. The van der Waals surface area contributed by atoms with Gasteiger partial charge in [-0.3, -0.25) is 4.99 Å². The molecule has 0 spiro atoms. The van der Waals surface area contributed by atoms with Gasteiger partial charge in [0.2, 0.25) is 5.75 Å². The molecule has 0 heterocycles. The van der Waals surface area contributed by atoms with Gasteiger partial charge in [-0.1, -0.05) is 18.2 Å². The zero-order valence-electron chi connectivity index (χ0n) is 17.5. The lowest BCUT2D eigenvalue weighted by Gasteiger charge is -2.22. The van der Waals surface area contributed by atoms with E-state index >= 15 is 0 Å². The molecule has 0 aromatic heterocycles. The quantitative estimate of drug-likeness (QED) is 0.329. The van der Waals surface area contributed by atoms with Gasteiger partial charge in [-0.05, 0) is 30.2 Å². The monoisotopic (exact) mass is 517 g/mol. The van der Waals surface area contributed by atoms with Gasteiger partial charge in [-0.25, -0.2) is 4.39 Å². The first-order valence-corrected chi connectivity index (χ1v) is 8.98. The number of aliphatic imine (C=N–C) groups is 1. The summed E-state index contributed by atoms with van der Waals surface area (Å²) in [6, 6.07) is 10.4. The van der Waals surface area contributed by atoms with E-state index < -0.39 is 0 Å². The van der Waals surface area contributed by atoms with Crippen molar-refractivity contribution < 1.29 is 18.6 Å². The Kier molecular flexibility index (Phi) is 10.6. The van der Waals surface area contributed by atoms with E-state index in [1.165, 1.54) is 12.1 Å². The third-order valence-electron chi connectivity index (χ3n) is 4.35. The van der Waals surface area contributed by atoms with Crippen molar-refractivity contribution in [2.24, 2.45) is 4.99 Å². The summed E-state index contributed by atoms with van der Waals surface area (Å²) in [4.78, 5) is 6.25. The zero-order valence-corrected chi connectivity index (χ0v) is 19.8. The molecule has 29 heavy (non-hydrogen) atoms. The number of benzene rings is 2. The highest BCUT2D eigenvalue weighted by Gasteiger charge is 2.16. The van der Waals surface area contributed by atoms with Crippen molar-refractivity contribution in [1.29, 1.82) is 0 Å². The van der Waals surface area contributed by atoms with Crippen LogP contribution in [-0.2, 0) is 13.0 Å². The Labute approximate surface area is 189 Å². The van der Waals surface area contributed by atoms with E-state index in [1.54, 1.807) is 34.4 Å². The van der Waals surface area contributed by atoms with Crippen molar-refractivity contribution in [2.45, 2.75) is 13.0 Å². The number of nitrogens with zero attached hydrogens (tertiary/aromatic N) is 2. The standard InChI is InChI=1S/C21H28FN3O3.HI/c1-23-21(25(2)14-15-7-6-8-17(22)13-15)24-12-11-16-9-10-18(26-3)20(28-5)19(16)27-4;/h6-10,13H,11-12,14H2,1-5H3,(H,23,24);1H. The number of hydrogen-bond acceptors (Lipinski definition) is 4. The number of methoxy groups -OCH3 is 3. The highest BCUT2D eigenvalue weighted by atomic mass is 127. The fraction of sp³-hybridized carbons (Fsp3) is 0.381. The van der Waals surface area contributed by atoms with E-state index in [0.717, 1.165) is 17.1 Å². The van der Waals surface area contributed by atoms with Gasteiger partial charge in [0.15, 0.2) is 17.5 Å². The van der Waals surface area contributed by atoms with Crippen LogP contribution >= 0.6 is 24.0 Å². The Balaban J connectivity index is 0.00000420. The fourth-order valence-electron chi connectivity index (χ4n) is 3.04. The van der Waals surface area contributed by atoms with Gasteiger partial charge in [0.05, 0.1) is 21.3 Å². The maximum absolute atomic E-state index is 13.4. The summed E-state index contributed by atoms with van der Waals surface area (Å²) in [5.74, 6) is 2.35. The molecule has 0 bridgehead atoms. The molecule has 0 aliphatic heterocycles. The number of halogens is 2. The van der Waals surface area contributed by atoms with E-state index in [4.69, 9.17) is 14.2 Å².